The van der Waals surface area contributed by atoms with E-state index in [1.54, 1.807) is 0 Å². The molecule has 0 amide bonds. The van der Waals surface area contributed by atoms with Crippen molar-refractivity contribution in [3.63, 3.8) is 0 Å². The summed E-state index contributed by atoms with van der Waals surface area (Å²) in [6.45, 7) is 5.40. The van der Waals surface area contributed by atoms with Crippen molar-refractivity contribution in [1.29, 1.82) is 0 Å². The maximum absolute atomic E-state index is 14.5. The summed E-state index contributed by atoms with van der Waals surface area (Å²) in [7, 11) is 0. The number of H-pyrrole nitrogens is 1. The third-order valence-corrected chi connectivity index (χ3v) is 5.11. The molecule has 7 nitrogen and oxygen atoms in total. The molecular formula is C17H20F4N4O3. The predicted octanol–water partition coefficient (Wildman–Crippen LogP) is 3.26. The van der Waals surface area contributed by atoms with Crippen LogP contribution in [0, 0.1) is 11.2 Å². The van der Waals surface area contributed by atoms with Crippen molar-refractivity contribution in [2.24, 2.45) is 5.41 Å². The van der Waals surface area contributed by atoms with Gasteiger partial charge in [-0.15, -0.1) is 18.3 Å². The van der Waals surface area contributed by atoms with Crippen LogP contribution in [-0.4, -0.2) is 35.7 Å². The van der Waals surface area contributed by atoms with Crippen molar-refractivity contribution in [3.05, 3.63) is 28.5 Å². The number of hydrogen-bond acceptors (Lipinski definition) is 6. The van der Waals surface area contributed by atoms with Gasteiger partial charge in [0.05, 0.1) is 5.69 Å². The number of anilines is 1. The van der Waals surface area contributed by atoms with Gasteiger partial charge in [0, 0.05) is 11.6 Å². The van der Waals surface area contributed by atoms with Gasteiger partial charge in [0.2, 0.25) is 5.89 Å². The quantitative estimate of drug-likeness (QED) is 0.663. The van der Waals surface area contributed by atoms with Gasteiger partial charge in [-0.1, -0.05) is 6.92 Å². The van der Waals surface area contributed by atoms with E-state index in [1.165, 1.54) is 6.07 Å². The molecule has 1 aromatic heterocycles. The molecule has 11 heteroatoms. The summed E-state index contributed by atoms with van der Waals surface area (Å²) in [5, 5.41) is 11.8. The maximum Gasteiger partial charge on any atom is 0.573 e. The first-order valence-corrected chi connectivity index (χ1v) is 8.70. The highest BCUT2D eigenvalue weighted by molar-refractivity contribution is 5.68. The second-order valence-corrected chi connectivity index (χ2v) is 7.07. The highest BCUT2D eigenvalue weighted by atomic mass is 19.4. The molecule has 1 aliphatic heterocycles. The topological polar surface area (TPSA) is 92.2 Å². The lowest BCUT2D eigenvalue weighted by atomic mass is 9.75. The molecule has 154 valence electrons. The number of benzene rings is 1. The molecule has 3 rings (SSSR count). The molecule has 1 unspecified atom stereocenters. The van der Waals surface area contributed by atoms with Gasteiger partial charge in [-0.2, -0.15) is 0 Å². The Kier molecular flexibility index (Phi) is 5.37. The Bertz CT molecular complexity index is 887. The fraction of sp³-hybridized carbons (Fsp3) is 0.529. The molecule has 0 aliphatic carbocycles. The molecule has 2 heterocycles. The van der Waals surface area contributed by atoms with Crippen molar-refractivity contribution in [2.45, 2.75) is 39.1 Å². The predicted molar refractivity (Wildman–Crippen MR) is 92.5 cm³/mol. The molecule has 3 N–H and O–H groups in total. The van der Waals surface area contributed by atoms with E-state index in [9.17, 15) is 22.4 Å². The normalized spacial score (nSPS) is 17.9. The molecule has 0 spiro atoms. The van der Waals surface area contributed by atoms with Gasteiger partial charge in [-0.25, -0.2) is 14.3 Å². The van der Waals surface area contributed by atoms with Crippen LogP contribution in [0.5, 0.6) is 5.75 Å². The zero-order chi connectivity index (χ0) is 20.5. The first kappa shape index (κ1) is 20.2. The standard InChI is InChI=1S/C17H20F4N4O3/c1-9(16(2)3-5-22-6-4-16)23-12-8-10(14-24-25-15(26)27-14)7-11(18)13(12)28-17(19,20)21/h7-9,22-23H,3-6H2,1-2H3,(H,25,26). The number of nitrogens with zero attached hydrogens (tertiary/aromatic N) is 1. The van der Waals surface area contributed by atoms with Crippen LogP contribution in [0.4, 0.5) is 23.2 Å². The van der Waals surface area contributed by atoms with Gasteiger partial charge in [0.25, 0.3) is 0 Å². The highest BCUT2D eigenvalue weighted by Crippen LogP contribution is 2.40. The molecular weight excluding hydrogens is 384 g/mol. The highest BCUT2D eigenvalue weighted by Gasteiger charge is 2.36. The smallest absolute Gasteiger partial charge is 0.400 e. The fourth-order valence-electron chi connectivity index (χ4n) is 3.24. The number of rotatable bonds is 5. The van der Waals surface area contributed by atoms with Crippen molar-refractivity contribution < 1.29 is 26.7 Å². The van der Waals surface area contributed by atoms with E-state index in [0.29, 0.717) is 0 Å². The number of aromatic amines is 1. The largest absolute Gasteiger partial charge is 0.573 e. The van der Waals surface area contributed by atoms with Crippen molar-refractivity contribution in [3.8, 4) is 17.2 Å². The van der Waals surface area contributed by atoms with Crippen LogP contribution in [0.1, 0.15) is 26.7 Å². The van der Waals surface area contributed by atoms with E-state index < -0.39 is 23.7 Å². The Morgan fingerprint density at radius 2 is 2.00 bits per heavy atom. The summed E-state index contributed by atoms with van der Waals surface area (Å²) in [5.41, 5.74) is -0.424. The van der Waals surface area contributed by atoms with Crippen LogP contribution in [-0.2, 0) is 0 Å². The minimum Gasteiger partial charge on any atom is -0.400 e. The van der Waals surface area contributed by atoms with Crippen molar-refractivity contribution >= 4 is 5.69 Å². The first-order valence-electron chi connectivity index (χ1n) is 8.70. The summed E-state index contributed by atoms with van der Waals surface area (Å²) in [5.74, 6) is -3.34. The lowest BCUT2D eigenvalue weighted by molar-refractivity contribution is -0.275. The summed E-state index contributed by atoms with van der Waals surface area (Å²) in [6.07, 6.45) is -3.47. The van der Waals surface area contributed by atoms with Crippen molar-refractivity contribution in [2.75, 3.05) is 18.4 Å². The molecule has 0 bridgehead atoms. The van der Waals surface area contributed by atoms with Crippen LogP contribution in [0.2, 0.25) is 0 Å². The van der Waals surface area contributed by atoms with Crippen LogP contribution < -0.4 is 21.1 Å². The zero-order valence-electron chi connectivity index (χ0n) is 15.2. The van der Waals surface area contributed by atoms with E-state index in [0.717, 1.165) is 32.0 Å². The molecule has 1 atom stereocenters. The Hall–Kier alpha value is -2.56. The van der Waals surface area contributed by atoms with Crippen LogP contribution in [0.25, 0.3) is 11.5 Å². The molecule has 28 heavy (non-hydrogen) atoms. The lowest BCUT2D eigenvalue weighted by Crippen LogP contribution is -2.44. The van der Waals surface area contributed by atoms with Gasteiger partial charge in [-0.3, -0.25) is 0 Å². The summed E-state index contributed by atoms with van der Waals surface area (Å²) >= 11 is 0. The van der Waals surface area contributed by atoms with E-state index in [4.69, 9.17) is 4.42 Å². The SMILES string of the molecule is CC(Nc1cc(-c2n[nH]c(=O)o2)cc(F)c1OC(F)(F)F)C1(C)CCNCC1. The van der Waals surface area contributed by atoms with Gasteiger partial charge in [0.15, 0.2) is 11.6 Å². The lowest BCUT2D eigenvalue weighted by Gasteiger charge is -2.40. The Morgan fingerprint density at radius 1 is 1.32 bits per heavy atom. The third kappa shape index (κ3) is 4.46. The second-order valence-electron chi connectivity index (χ2n) is 7.07. The maximum atomic E-state index is 14.5. The molecule has 2 aromatic rings. The number of hydrogen-bond donors (Lipinski definition) is 3. The molecule has 0 radical (unpaired) electrons. The minimum absolute atomic E-state index is 0.00413. The van der Waals surface area contributed by atoms with Gasteiger partial charge < -0.3 is 19.8 Å². The molecule has 1 aromatic carbocycles. The number of nitrogens with one attached hydrogen (secondary N) is 3. The number of ether oxygens (including phenoxy) is 1. The van der Waals surface area contributed by atoms with E-state index in [2.05, 4.69) is 20.5 Å². The molecule has 1 fully saturated rings. The van der Waals surface area contributed by atoms with Crippen LogP contribution in [0.15, 0.2) is 21.3 Å². The number of alkyl halides is 3. The number of piperidine rings is 1. The van der Waals surface area contributed by atoms with Gasteiger partial charge in [-0.05, 0) is 50.4 Å². The minimum atomic E-state index is -5.07. The number of aromatic nitrogens is 2. The third-order valence-electron chi connectivity index (χ3n) is 5.11. The summed E-state index contributed by atoms with van der Waals surface area (Å²) in [4.78, 5) is 11.1. The van der Waals surface area contributed by atoms with Crippen LogP contribution >= 0.6 is 0 Å². The average Bonchev–Trinajstić information content (AvgIpc) is 3.04. The van der Waals surface area contributed by atoms with Gasteiger partial charge in [0.1, 0.15) is 0 Å². The van der Waals surface area contributed by atoms with Gasteiger partial charge >= 0.3 is 12.1 Å². The van der Waals surface area contributed by atoms with E-state index in [1.807, 2.05) is 18.9 Å². The fourth-order valence-corrected chi connectivity index (χ4v) is 3.24. The molecule has 1 saturated heterocycles. The Balaban J connectivity index is 1.99. The second kappa shape index (κ2) is 7.46. The Morgan fingerprint density at radius 3 is 2.57 bits per heavy atom. The molecule has 0 saturated carbocycles. The van der Waals surface area contributed by atoms with Crippen LogP contribution in [0.3, 0.4) is 0 Å². The zero-order valence-corrected chi connectivity index (χ0v) is 15.2. The summed E-state index contributed by atoms with van der Waals surface area (Å²) in [6, 6.07) is 1.69. The number of halogens is 4. The van der Waals surface area contributed by atoms with E-state index >= 15 is 0 Å². The first-order chi connectivity index (χ1) is 13.1. The van der Waals surface area contributed by atoms with E-state index in [-0.39, 0.29) is 28.6 Å². The Labute approximate surface area is 157 Å². The average molecular weight is 404 g/mol. The van der Waals surface area contributed by atoms with Crippen molar-refractivity contribution in [1.82, 2.24) is 15.5 Å². The monoisotopic (exact) mass is 404 g/mol. The molecule has 1 aliphatic rings. The summed E-state index contributed by atoms with van der Waals surface area (Å²) < 4.78 is 61.6.